The molecule has 6 heteroatoms. The fraction of sp³-hybridized carbons (Fsp3) is 0.154. The highest BCUT2D eigenvalue weighted by molar-refractivity contribution is 6.33. The normalized spacial score (nSPS) is 11.1. The lowest BCUT2D eigenvalue weighted by Crippen LogP contribution is -2.33. The van der Waals surface area contributed by atoms with E-state index in [9.17, 15) is 9.59 Å². The van der Waals surface area contributed by atoms with Crippen LogP contribution in [0.2, 0.25) is 5.02 Å². The van der Waals surface area contributed by atoms with Gasteiger partial charge in [-0.2, -0.15) is 0 Å². The Hall–Kier alpha value is -2.14. The Morgan fingerprint density at radius 2 is 2.05 bits per heavy atom. The zero-order valence-electron chi connectivity index (χ0n) is 10.5. The van der Waals surface area contributed by atoms with Crippen molar-refractivity contribution < 1.29 is 0 Å². The van der Waals surface area contributed by atoms with Crippen LogP contribution in [0.4, 0.5) is 0 Å². The fourth-order valence-corrected chi connectivity index (χ4v) is 1.93. The molecule has 0 aliphatic rings. The van der Waals surface area contributed by atoms with E-state index in [4.69, 9.17) is 11.6 Å². The first-order valence-electron chi connectivity index (χ1n) is 5.58. The molecule has 19 heavy (non-hydrogen) atoms. The summed E-state index contributed by atoms with van der Waals surface area (Å²) in [6, 6.07) is 6.24. The summed E-state index contributed by atoms with van der Waals surface area (Å²) in [4.78, 5) is 30.2. The second-order valence-electron chi connectivity index (χ2n) is 4.02. The predicted molar refractivity (Wildman–Crippen MR) is 75.9 cm³/mol. The number of H-pyrrole nitrogens is 1. The highest BCUT2D eigenvalue weighted by Crippen LogP contribution is 2.17. The molecule has 0 fully saturated rings. The van der Waals surface area contributed by atoms with E-state index in [0.717, 1.165) is 4.57 Å². The van der Waals surface area contributed by atoms with E-state index in [2.05, 4.69) is 9.98 Å². The van der Waals surface area contributed by atoms with Crippen molar-refractivity contribution in [2.24, 2.45) is 4.99 Å². The highest BCUT2D eigenvalue weighted by atomic mass is 35.5. The maximum atomic E-state index is 11.9. The first-order chi connectivity index (χ1) is 9.02. The van der Waals surface area contributed by atoms with Gasteiger partial charge in [0, 0.05) is 35.6 Å². The molecule has 98 valence electrons. The van der Waals surface area contributed by atoms with Crippen LogP contribution in [0.3, 0.4) is 0 Å². The number of aliphatic imine (C=N–C) groups is 1. The number of rotatable bonds is 2. The molecule has 0 amide bonds. The summed E-state index contributed by atoms with van der Waals surface area (Å²) in [5.74, 6) is 0. The SMILES string of the molecule is CN=Cc1cc(-n2c(=O)cc(C)[nH]c2=O)ccc1Cl. The fourth-order valence-electron chi connectivity index (χ4n) is 1.76. The lowest BCUT2D eigenvalue weighted by Gasteiger charge is -2.06. The molecule has 1 N–H and O–H groups in total. The van der Waals surface area contributed by atoms with E-state index in [1.807, 2.05) is 0 Å². The number of nitrogens with zero attached hydrogens (tertiary/aromatic N) is 2. The minimum absolute atomic E-state index is 0.386. The van der Waals surface area contributed by atoms with Crippen molar-refractivity contribution in [3.8, 4) is 5.69 Å². The summed E-state index contributed by atoms with van der Waals surface area (Å²) in [6.45, 7) is 1.66. The van der Waals surface area contributed by atoms with Gasteiger partial charge in [0.1, 0.15) is 0 Å². The van der Waals surface area contributed by atoms with Crippen LogP contribution in [0.15, 0.2) is 38.8 Å². The molecule has 0 unspecified atom stereocenters. The summed E-state index contributed by atoms with van der Waals surface area (Å²) in [7, 11) is 1.62. The Bertz CT molecular complexity index is 728. The van der Waals surface area contributed by atoms with Gasteiger partial charge >= 0.3 is 5.69 Å². The third kappa shape index (κ3) is 2.66. The molecule has 1 heterocycles. The lowest BCUT2D eigenvalue weighted by atomic mass is 10.2. The number of benzene rings is 1. The standard InChI is InChI=1S/C13H12ClN3O2/c1-8-5-12(18)17(13(19)16-8)10-3-4-11(14)9(6-10)7-15-2/h3-7H,1-2H3,(H,16,19). The van der Waals surface area contributed by atoms with Crippen LogP contribution in [-0.2, 0) is 0 Å². The molecule has 0 aliphatic heterocycles. The number of nitrogens with one attached hydrogen (secondary N) is 1. The summed E-state index contributed by atoms with van der Waals surface area (Å²) in [5.41, 5.74) is 0.754. The van der Waals surface area contributed by atoms with Gasteiger partial charge in [0.25, 0.3) is 5.56 Å². The first kappa shape index (κ1) is 13.3. The van der Waals surface area contributed by atoms with Gasteiger partial charge in [-0.25, -0.2) is 9.36 Å². The zero-order chi connectivity index (χ0) is 14.0. The molecule has 1 aromatic carbocycles. The van der Waals surface area contributed by atoms with Crippen LogP contribution in [0.5, 0.6) is 0 Å². The van der Waals surface area contributed by atoms with Crippen LogP contribution in [0.25, 0.3) is 5.69 Å². The topological polar surface area (TPSA) is 67.2 Å². The van der Waals surface area contributed by atoms with Crippen molar-refractivity contribution in [1.82, 2.24) is 9.55 Å². The van der Waals surface area contributed by atoms with Crippen LogP contribution in [-0.4, -0.2) is 22.8 Å². The molecule has 0 spiro atoms. The third-order valence-corrected chi connectivity index (χ3v) is 2.92. The monoisotopic (exact) mass is 277 g/mol. The molecule has 0 saturated carbocycles. The Morgan fingerprint density at radius 3 is 2.68 bits per heavy atom. The van der Waals surface area contributed by atoms with E-state index < -0.39 is 5.69 Å². The minimum Gasteiger partial charge on any atom is -0.311 e. The van der Waals surface area contributed by atoms with Gasteiger partial charge in [0.05, 0.1) is 5.69 Å². The molecule has 0 bridgehead atoms. The lowest BCUT2D eigenvalue weighted by molar-refractivity contribution is 0.858. The van der Waals surface area contributed by atoms with E-state index in [1.54, 1.807) is 38.4 Å². The van der Waals surface area contributed by atoms with Gasteiger partial charge in [-0.05, 0) is 25.1 Å². The first-order valence-corrected chi connectivity index (χ1v) is 5.96. The number of aryl methyl sites for hydroxylation is 1. The van der Waals surface area contributed by atoms with Crippen molar-refractivity contribution in [3.05, 3.63) is 61.4 Å². The van der Waals surface area contributed by atoms with Crippen LogP contribution in [0.1, 0.15) is 11.3 Å². The van der Waals surface area contributed by atoms with Gasteiger partial charge in [0.2, 0.25) is 0 Å². The summed E-state index contributed by atoms with van der Waals surface area (Å²) in [6.07, 6.45) is 1.57. The van der Waals surface area contributed by atoms with Crippen LogP contribution < -0.4 is 11.2 Å². The molecule has 0 radical (unpaired) electrons. The average molecular weight is 278 g/mol. The van der Waals surface area contributed by atoms with Gasteiger partial charge in [-0.1, -0.05) is 11.6 Å². The quantitative estimate of drug-likeness (QED) is 0.846. The molecule has 0 atom stereocenters. The molecule has 2 aromatic rings. The van der Waals surface area contributed by atoms with Gasteiger partial charge in [-0.15, -0.1) is 0 Å². The van der Waals surface area contributed by atoms with E-state index >= 15 is 0 Å². The minimum atomic E-state index is -0.480. The van der Waals surface area contributed by atoms with E-state index in [0.29, 0.717) is 22.0 Å². The summed E-state index contributed by atoms with van der Waals surface area (Å²) < 4.78 is 1.05. The summed E-state index contributed by atoms with van der Waals surface area (Å²) >= 11 is 6.00. The Balaban J connectivity index is 2.70. The maximum Gasteiger partial charge on any atom is 0.333 e. The highest BCUT2D eigenvalue weighted by Gasteiger charge is 2.07. The maximum absolute atomic E-state index is 11.9. The molecule has 1 aromatic heterocycles. The Labute approximate surface area is 114 Å². The third-order valence-electron chi connectivity index (χ3n) is 2.57. The smallest absolute Gasteiger partial charge is 0.311 e. The largest absolute Gasteiger partial charge is 0.333 e. The zero-order valence-corrected chi connectivity index (χ0v) is 11.2. The molecule has 0 aliphatic carbocycles. The van der Waals surface area contributed by atoms with E-state index in [-0.39, 0.29) is 5.56 Å². The Kier molecular flexibility index (Phi) is 3.66. The van der Waals surface area contributed by atoms with Crippen molar-refractivity contribution >= 4 is 17.8 Å². The van der Waals surface area contributed by atoms with Crippen molar-refractivity contribution in [2.45, 2.75) is 6.92 Å². The van der Waals surface area contributed by atoms with E-state index in [1.165, 1.54) is 6.07 Å². The molecular weight excluding hydrogens is 266 g/mol. The number of aromatic amines is 1. The molecule has 2 rings (SSSR count). The average Bonchev–Trinajstić information content (AvgIpc) is 2.32. The number of hydrogen-bond donors (Lipinski definition) is 1. The second-order valence-corrected chi connectivity index (χ2v) is 4.43. The summed E-state index contributed by atoms with van der Waals surface area (Å²) in [5, 5.41) is 0.505. The van der Waals surface area contributed by atoms with Gasteiger partial charge in [-0.3, -0.25) is 9.79 Å². The van der Waals surface area contributed by atoms with Crippen molar-refractivity contribution in [1.29, 1.82) is 0 Å². The number of halogens is 1. The molecule has 5 nitrogen and oxygen atoms in total. The molecule has 0 saturated heterocycles. The van der Waals surface area contributed by atoms with Gasteiger partial charge in [0.15, 0.2) is 0 Å². The number of aromatic nitrogens is 2. The predicted octanol–water partition coefficient (Wildman–Crippen LogP) is 1.54. The van der Waals surface area contributed by atoms with Crippen molar-refractivity contribution in [3.63, 3.8) is 0 Å². The molecular formula is C13H12ClN3O2. The van der Waals surface area contributed by atoms with Crippen LogP contribution >= 0.6 is 11.6 Å². The van der Waals surface area contributed by atoms with Crippen LogP contribution in [0, 0.1) is 6.92 Å². The van der Waals surface area contributed by atoms with Gasteiger partial charge < -0.3 is 4.98 Å². The second kappa shape index (κ2) is 5.24. The van der Waals surface area contributed by atoms with Crippen molar-refractivity contribution in [2.75, 3.05) is 7.05 Å². The number of hydrogen-bond acceptors (Lipinski definition) is 3. The Morgan fingerprint density at radius 1 is 1.32 bits per heavy atom.